The van der Waals surface area contributed by atoms with E-state index in [0.29, 0.717) is 18.7 Å². The summed E-state index contributed by atoms with van der Waals surface area (Å²) in [6.45, 7) is 3.04. The number of aryl methyl sites for hydroxylation is 1. The number of hydrogen-bond donors (Lipinski definition) is 3. The van der Waals surface area contributed by atoms with Crippen LogP contribution in [-0.2, 0) is 4.79 Å². The van der Waals surface area contributed by atoms with Crippen molar-refractivity contribution in [2.24, 2.45) is 0 Å². The van der Waals surface area contributed by atoms with Gasteiger partial charge in [0.05, 0.1) is 6.10 Å². The fourth-order valence-corrected chi connectivity index (χ4v) is 2.24. The number of aliphatic hydroxyl groups is 1. The Morgan fingerprint density at radius 2 is 2.10 bits per heavy atom. The second kappa shape index (κ2) is 7.08. The molecule has 1 fully saturated rings. The lowest BCUT2D eigenvalue weighted by molar-refractivity contribution is -0.128. The summed E-state index contributed by atoms with van der Waals surface area (Å²) >= 11 is 0. The van der Waals surface area contributed by atoms with Gasteiger partial charge in [0.15, 0.2) is 0 Å². The summed E-state index contributed by atoms with van der Waals surface area (Å²) in [5, 5.41) is 15.1. The predicted molar refractivity (Wildman–Crippen MR) is 80.0 cm³/mol. The zero-order valence-electron chi connectivity index (χ0n) is 12.1. The molecule has 2 rings (SSSR count). The monoisotopic (exact) mass is 291 g/mol. The van der Waals surface area contributed by atoms with Crippen LogP contribution >= 0.6 is 0 Å². The molecule has 1 heterocycles. The van der Waals surface area contributed by atoms with Crippen LogP contribution < -0.4 is 10.6 Å². The van der Waals surface area contributed by atoms with Crippen LogP contribution in [0.4, 0.5) is 10.5 Å². The molecular weight excluding hydrogens is 270 g/mol. The van der Waals surface area contributed by atoms with Crippen molar-refractivity contribution in [3.63, 3.8) is 0 Å². The first kappa shape index (κ1) is 15.3. The zero-order chi connectivity index (χ0) is 15.2. The minimum atomic E-state index is -0.754. The third-order valence-electron chi connectivity index (χ3n) is 3.41. The van der Waals surface area contributed by atoms with Crippen molar-refractivity contribution in [1.29, 1.82) is 0 Å². The highest BCUT2D eigenvalue weighted by Crippen LogP contribution is 2.10. The van der Waals surface area contributed by atoms with E-state index in [4.69, 9.17) is 0 Å². The van der Waals surface area contributed by atoms with Crippen molar-refractivity contribution in [1.82, 2.24) is 10.2 Å². The highest BCUT2D eigenvalue weighted by molar-refractivity contribution is 5.89. The van der Waals surface area contributed by atoms with Gasteiger partial charge in [-0.25, -0.2) is 4.79 Å². The maximum atomic E-state index is 11.7. The number of nitrogens with zero attached hydrogens (tertiary/aromatic N) is 1. The van der Waals surface area contributed by atoms with Crippen LogP contribution in [-0.4, -0.2) is 47.7 Å². The first-order chi connectivity index (χ1) is 10.0. The first-order valence-electron chi connectivity index (χ1n) is 7.12. The van der Waals surface area contributed by atoms with Gasteiger partial charge in [0.1, 0.15) is 0 Å². The van der Waals surface area contributed by atoms with E-state index < -0.39 is 6.10 Å². The molecule has 1 atom stereocenters. The van der Waals surface area contributed by atoms with Crippen LogP contribution in [0.1, 0.15) is 18.4 Å². The molecule has 1 aliphatic rings. The molecule has 3 amide bonds. The highest BCUT2D eigenvalue weighted by atomic mass is 16.3. The number of rotatable bonds is 5. The largest absolute Gasteiger partial charge is 0.389 e. The van der Waals surface area contributed by atoms with Crippen LogP contribution in [0, 0.1) is 6.92 Å². The van der Waals surface area contributed by atoms with Gasteiger partial charge in [0.25, 0.3) is 0 Å². The van der Waals surface area contributed by atoms with Crippen LogP contribution in [0.3, 0.4) is 0 Å². The number of β-amino-alcohol motifs (C(OH)–C–C–N with tert-alkyl or cyclic N) is 1. The molecule has 1 saturated heterocycles. The summed E-state index contributed by atoms with van der Waals surface area (Å²) in [6.07, 6.45) is 0.636. The number of nitrogens with one attached hydrogen (secondary N) is 2. The van der Waals surface area contributed by atoms with E-state index in [9.17, 15) is 14.7 Å². The molecule has 3 N–H and O–H groups in total. The molecule has 0 spiro atoms. The quantitative estimate of drug-likeness (QED) is 0.760. The molecule has 0 aliphatic carbocycles. The summed E-state index contributed by atoms with van der Waals surface area (Å²) in [6, 6.07) is 7.07. The molecule has 0 unspecified atom stereocenters. The average molecular weight is 291 g/mol. The van der Waals surface area contributed by atoms with E-state index in [1.807, 2.05) is 31.2 Å². The van der Waals surface area contributed by atoms with Gasteiger partial charge in [-0.1, -0.05) is 17.7 Å². The minimum absolute atomic E-state index is 0.0677. The topological polar surface area (TPSA) is 81.7 Å². The van der Waals surface area contributed by atoms with E-state index in [1.165, 1.54) is 0 Å². The van der Waals surface area contributed by atoms with Gasteiger partial charge in [0, 0.05) is 31.7 Å². The van der Waals surface area contributed by atoms with Crippen molar-refractivity contribution in [2.75, 3.05) is 25.0 Å². The van der Waals surface area contributed by atoms with E-state index in [1.54, 1.807) is 4.90 Å². The van der Waals surface area contributed by atoms with Crippen molar-refractivity contribution >= 4 is 17.6 Å². The van der Waals surface area contributed by atoms with Crippen LogP contribution in [0.5, 0.6) is 0 Å². The molecule has 0 bridgehead atoms. The molecule has 0 saturated carbocycles. The van der Waals surface area contributed by atoms with E-state index in [0.717, 1.165) is 12.0 Å². The highest BCUT2D eigenvalue weighted by Gasteiger charge is 2.22. The Balaban J connectivity index is 1.70. The number of carbonyl (C=O) groups is 2. The summed E-state index contributed by atoms with van der Waals surface area (Å²) in [5.41, 5.74) is 1.81. The fraction of sp³-hybridized carbons (Fsp3) is 0.467. The number of carbonyl (C=O) groups excluding carboxylic acids is 2. The van der Waals surface area contributed by atoms with E-state index in [2.05, 4.69) is 10.6 Å². The Hall–Kier alpha value is -2.08. The van der Waals surface area contributed by atoms with Gasteiger partial charge < -0.3 is 20.6 Å². The SMILES string of the molecule is Cc1ccc(NC(=O)NC[C@@H](O)CN2CCCC2=O)cc1. The minimum Gasteiger partial charge on any atom is -0.389 e. The number of benzene rings is 1. The maximum Gasteiger partial charge on any atom is 0.319 e. The molecule has 6 nitrogen and oxygen atoms in total. The van der Waals surface area contributed by atoms with Crippen LogP contribution in [0.15, 0.2) is 24.3 Å². The summed E-state index contributed by atoms with van der Waals surface area (Å²) in [7, 11) is 0. The molecule has 0 aromatic heterocycles. The van der Waals surface area contributed by atoms with Crippen molar-refractivity contribution < 1.29 is 14.7 Å². The molecule has 114 valence electrons. The number of anilines is 1. The number of urea groups is 1. The summed E-state index contributed by atoms with van der Waals surface area (Å²) in [4.78, 5) is 24.8. The Kier molecular flexibility index (Phi) is 5.16. The summed E-state index contributed by atoms with van der Waals surface area (Å²) in [5.74, 6) is 0.0677. The van der Waals surface area contributed by atoms with Crippen LogP contribution in [0.25, 0.3) is 0 Å². The Bertz CT molecular complexity index is 501. The number of amides is 3. The smallest absolute Gasteiger partial charge is 0.319 e. The second-order valence-electron chi connectivity index (χ2n) is 5.30. The molecular formula is C15H21N3O3. The molecule has 21 heavy (non-hydrogen) atoms. The Labute approximate surface area is 124 Å². The lowest BCUT2D eigenvalue weighted by atomic mass is 10.2. The third kappa shape index (κ3) is 4.75. The third-order valence-corrected chi connectivity index (χ3v) is 3.41. The van der Waals surface area contributed by atoms with E-state index in [-0.39, 0.29) is 25.0 Å². The van der Waals surface area contributed by atoms with Gasteiger partial charge in [-0.2, -0.15) is 0 Å². The molecule has 1 aromatic carbocycles. The predicted octanol–water partition coefficient (Wildman–Crippen LogP) is 1.10. The Morgan fingerprint density at radius 3 is 2.71 bits per heavy atom. The first-order valence-corrected chi connectivity index (χ1v) is 7.12. The Morgan fingerprint density at radius 1 is 1.38 bits per heavy atom. The molecule has 1 aromatic rings. The van der Waals surface area contributed by atoms with Crippen molar-refractivity contribution in [2.45, 2.75) is 25.9 Å². The summed E-state index contributed by atoms with van der Waals surface area (Å²) < 4.78 is 0. The van der Waals surface area contributed by atoms with Crippen molar-refractivity contribution in [3.8, 4) is 0 Å². The van der Waals surface area contributed by atoms with E-state index >= 15 is 0 Å². The molecule has 6 heteroatoms. The normalized spacial score (nSPS) is 15.9. The van der Waals surface area contributed by atoms with Crippen LogP contribution in [0.2, 0.25) is 0 Å². The second-order valence-corrected chi connectivity index (χ2v) is 5.30. The molecule has 0 radical (unpaired) electrons. The van der Waals surface area contributed by atoms with Gasteiger partial charge in [-0.15, -0.1) is 0 Å². The number of hydrogen-bond acceptors (Lipinski definition) is 3. The molecule has 1 aliphatic heterocycles. The van der Waals surface area contributed by atoms with Crippen molar-refractivity contribution in [3.05, 3.63) is 29.8 Å². The number of aliphatic hydroxyl groups excluding tert-OH is 1. The standard InChI is InChI=1S/C15H21N3O3/c1-11-4-6-12(7-5-11)17-15(21)16-9-13(19)10-18-8-2-3-14(18)20/h4-7,13,19H,2-3,8-10H2,1H3,(H2,16,17,21)/t13-/m1/s1. The van der Waals surface area contributed by atoms with Gasteiger partial charge in [-0.05, 0) is 25.5 Å². The maximum absolute atomic E-state index is 11.7. The fourth-order valence-electron chi connectivity index (χ4n) is 2.24. The van der Waals surface area contributed by atoms with Gasteiger partial charge in [0.2, 0.25) is 5.91 Å². The average Bonchev–Trinajstić information content (AvgIpc) is 2.85. The number of likely N-dealkylation sites (tertiary alicyclic amines) is 1. The lowest BCUT2D eigenvalue weighted by Gasteiger charge is -2.20. The van der Waals surface area contributed by atoms with Gasteiger partial charge in [-0.3, -0.25) is 4.79 Å². The lowest BCUT2D eigenvalue weighted by Crippen LogP contribution is -2.41. The van der Waals surface area contributed by atoms with Gasteiger partial charge >= 0.3 is 6.03 Å². The zero-order valence-corrected chi connectivity index (χ0v) is 12.1.